The van der Waals surface area contributed by atoms with Gasteiger partial charge < -0.3 is 18.8 Å². The third kappa shape index (κ3) is 6.31. The number of ether oxygens (including phenoxy) is 2. The first-order valence-electron chi connectivity index (χ1n) is 11.8. The van der Waals surface area contributed by atoms with Crippen LogP contribution in [0.2, 0.25) is 0 Å². The average Bonchev–Trinajstić information content (AvgIpc) is 3.47. The highest BCUT2D eigenvalue weighted by Crippen LogP contribution is 2.38. The Morgan fingerprint density at radius 2 is 1.86 bits per heavy atom. The number of halogens is 3. The van der Waals surface area contributed by atoms with Gasteiger partial charge in [-0.05, 0) is 42.7 Å². The molecule has 0 radical (unpaired) electrons. The fourth-order valence-corrected chi connectivity index (χ4v) is 4.56. The molecule has 2 heterocycles. The second-order valence-electron chi connectivity index (χ2n) is 8.91. The van der Waals surface area contributed by atoms with Crippen LogP contribution in [0.5, 0.6) is 5.75 Å². The van der Waals surface area contributed by atoms with Crippen molar-refractivity contribution < 1.29 is 36.7 Å². The molecule has 1 amide bonds. The van der Waals surface area contributed by atoms with Crippen molar-refractivity contribution >= 4 is 11.9 Å². The zero-order valence-corrected chi connectivity index (χ0v) is 20.5. The number of rotatable bonds is 8. The van der Waals surface area contributed by atoms with Crippen molar-refractivity contribution in [1.82, 2.24) is 9.88 Å². The molecule has 3 aromatic rings. The van der Waals surface area contributed by atoms with Gasteiger partial charge in [0.05, 0.1) is 25.8 Å². The fraction of sp³-hybridized carbons (Fsp3) is 0.370. The molecule has 0 saturated carbocycles. The van der Waals surface area contributed by atoms with Gasteiger partial charge >= 0.3 is 18.1 Å². The third-order valence-corrected chi connectivity index (χ3v) is 6.43. The largest absolute Gasteiger partial charge is 0.493 e. The van der Waals surface area contributed by atoms with Crippen LogP contribution in [0.3, 0.4) is 0 Å². The molecule has 1 aromatic heterocycles. The first-order chi connectivity index (χ1) is 17.7. The summed E-state index contributed by atoms with van der Waals surface area (Å²) in [6.07, 6.45) is -4.58. The summed E-state index contributed by atoms with van der Waals surface area (Å²) >= 11 is 0. The standard InChI is InChI=1S/C27H27F3N2O5/c1-17-23(31-25(37-17)18-7-4-3-5-8-18)11-12-36-21-10-6-9-19(13-21)22-16-32(26(34)27(28,29)30)15-20(22)14-24(33)35-2/h3-10,13,20,22H,11-12,14-16H2,1-2H3/t20-,22-/m1/s1. The van der Waals surface area contributed by atoms with Crippen molar-refractivity contribution in [3.63, 3.8) is 0 Å². The van der Waals surface area contributed by atoms with Crippen LogP contribution in [0.25, 0.3) is 11.5 Å². The molecule has 0 N–H and O–H groups in total. The molecule has 0 aliphatic carbocycles. The summed E-state index contributed by atoms with van der Waals surface area (Å²) in [5.41, 5.74) is 2.33. The molecule has 1 aliphatic rings. The molecule has 1 fully saturated rings. The summed E-state index contributed by atoms with van der Waals surface area (Å²) in [4.78, 5) is 29.1. The van der Waals surface area contributed by atoms with Crippen LogP contribution in [-0.2, 0) is 20.7 Å². The van der Waals surface area contributed by atoms with E-state index in [4.69, 9.17) is 13.9 Å². The zero-order valence-electron chi connectivity index (χ0n) is 20.5. The Bertz CT molecular complexity index is 1240. The molecule has 10 heteroatoms. The number of methoxy groups -OCH3 is 1. The molecular formula is C27H27F3N2O5. The highest BCUT2D eigenvalue weighted by Gasteiger charge is 2.47. The SMILES string of the molecule is COC(=O)C[C@@H]1CN(C(=O)C(F)(F)F)C[C@@H]1c1cccc(OCCc2nc(-c3ccccc3)oc2C)c1. The van der Waals surface area contributed by atoms with E-state index in [1.54, 1.807) is 24.3 Å². The maximum absolute atomic E-state index is 13.0. The number of amides is 1. The summed E-state index contributed by atoms with van der Waals surface area (Å²) in [5, 5.41) is 0. The van der Waals surface area contributed by atoms with E-state index in [-0.39, 0.29) is 19.5 Å². The molecule has 1 saturated heterocycles. The van der Waals surface area contributed by atoms with Gasteiger partial charge in [-0.3, -0.25) is 9.59 Å². The Morgan fingerprint density at radius 3 is 2.57 bits per heavy atom. The van der Waals surface area contributed by atoms with E-state index in [1.807, 2.05) is 37.3 Å². The van der Waals surface area contributed by atoms with E-state index in [0.717, 1.165) is 16.2 Å². The second-order valence-corrected chi connectivity index (χ2v) is 8.91. The maximum Gasteiger partial charge on any atom is 0.471 e. The van der Waals surface area contributed by atoms with Gasteiger partial charge in [-0.15, -0.1) is 0 Å². The highest BCUT2D eigenvalue weighted by molar-refractivity contribution is 5.82. The normalized spacial score (nSPS) is 17.6. The van der Waals surface area contributed by atoms with Gasteiger partial charge in [-0.2, -0.15) is 13.2 Å². The number of carbonyl (C=O) groups is 2. The molecule has 37 heavy (non-hydrogen) atoms. The lowest BCUT2D eigenvalue weighted by atomic mass is 9.87. The number of nitrogens with zero attached hydrogens (tertiary/aromatic N) is 2. The lowest BCUT2D eigenvalue weighted by Gasteiger charge is -2.18. The monoisotopic (exact) mass is 516 g/mol. The predicted octanol–water partition coefficient (Wildman–Crippen LogP) is 4.94. The first-order valence-corrected chi connectivity index (χ1v) is 11.8. The molecule has 2 atom stereocenters. The summed E-state index contributed by atoms with van der Waals surface area (Å²) in [5.74, 6) is -1.67. The number of hydrogen-bond donors (Lipinski definition) is 0. The molecule has 4 rings (SSSR count). The lowest BCUT2D eigenvalue weighted by molar-refractivity contribution is -0.184. The molecule has 0 bridgehead atoms. The summed E-state index contributed by atoms with van der Waals surface area (Å²) in [6.45, 7) is 1.81. The van der Waals surface area contributed by atoms with E-state index in [1.165, 1.54) is 7.11 Å². The van der Waals surface area contributed by atoms with Crippen LogP contribution >= 0.6 is 0 Å². The fourth-order valence-electron chi connectivity index (χ4n) is 4.56. The van der Waals surface area contributed by atoms with Crippen molar-refractivity contribution in [3.8, 4) is 17.2 Å². The predicted molar refractivity (Wildman–Crippen MR) is 128 cm³/mol. The minimum absolute atomic E-state index is 0.0942. The number of hydrogen-bond acceptors (Lipinski definition) is 6. The van der Waals surface area contributed by atoms with Crippen molar-refractivity contribution in [2.45, 2.75) is 31.9 Å². The molecular weight excluding hydrogens is 489 g/mol. The van der Waals surface area contributed by atoms with E-state index in [9.17, 15) is 22.8 Å². The van der Waals surface area contributed by atoms with Gasteiger partial charge in [0.25, 0.3) is 0 Å². The number of aromatic nitrogens is 1. The number of alkyl halides is 3. The van der Waals surface area contributed by atoms with Gasteiger partial charge in [0.2, 0.25) is 5.89 Å². The van der Waals surface area contributed by atoms with Gasteiger partial charge in [0, 0.05) is 31.0 Å². The van der Waals surface area contributed by atoms with E-state index >= 15 is 0 Å². The minimum Gasteiger partial charge on any atom is -0.493 e. The molecule has 2 aromatic carbocycles. The Kier molecular flexibility index (Phi) is 7.85. The summed E-state index contributed by atoms with van der Waals surface area (Å²) < 4.78 is 55.5. The Balaban J connectivity index is 1.44. The van der Waals surface area contributed by atoms with E-state index in [2.05, 4.69) is 4.98 Å². The minimum atomic E-state index is -4.98. The van der Waals surface area contributed by atoms with Crippen molar-refractivity contribution in [1.29, 1.82) is 0 Å². The summed E-state index contributed by atoms with van der Waals surface area (Å²) in [6, 6.07) is 16.5. The van der Waals surface area contributed by atoms with Crippen LogP contribution in [0, 0.1) is 12.8 Å². The van der Waals surface area contributed by atoms with Crippen LogP contribution in [0.15, 0.2) is 59.0 Å². The van der Waals surface area contributed by atoms with Gasteiger partial charge in [-0.25, -0.2) is 4.98 Å². The number of likely N-dealkylation sites (tertiary alicyclic amines) is 1. The van der Waals surface area contributed by atoms with Crippen LogP contribution in [-0.4, -0.2) is 54.7 Å². The molecule has 1 aliphatic heterocycles. The number of benzene rings is 2. The molecule has 0 unspecified atom stereocenters. The van der Waals surface area contributed by atoms with Gasteiger partial charge in [-0.1, -0.05) is 30.3 Å². The smallest absolute Gasteiger partial charge is 0.471 e. The van der Waals surface area contributed by atoms with Crippen LogP contribution in [0.1, 0.15) is 29.4 Å². The van der Waals surface area contributed by atoms with E-state index < -0.39 is 29.9 Å². The maximum atomic E-state index is 13.0. The zero-order chi connectivity index (χ0) is 26.6. The highest BCUT2D eigenvalue weighted by atomic mass is 19.4. The molecule has 196 valence electrons. The first kappa shape index (κ1) is 26.2. The van der Waals surface area contributed by atoms with Crippen LogP contribution in [0.4, 0.5) is 13.2 Å². The number of aryl methyl sites for hydroxylation is 1. The Hall–Kier alpha value is -3.82. The third-order valence-electron chi connectivity index (χ3n) is 6.43. The lowest BCUT2D eigenvalue weighted by Crippen LogP contribution is -2.39. The molecule has 0 spiro atoms. The van der Waals surface area contributed by atoms with Crippen molar-refractivity contribution in [3.05, 3.63) is 71.6 Å². The Labute approximate surface area is 212 Å². The van der Waals surface area contributed by atoms with Gasteiger partial charge in [0.15, 0.2) is 0 Å². The van der Waals surface area contributed by atoms with Gasteiger partial charge in [0.1, 0.15) is 11.5 Å². The summed E-state index contributed by atoms with van der Waals surface area (Å²) in [7, 11) is 1.22. The Morgan fingerprint density at radius 1 is 1.11 bits per heavy atom. The van der Waals surface area contributed by atoms with Crippen molar-refractivity contribution in [2.75, 3.05) is 26.8 Å². The topological polar surface area (TPSA) is 81.9 Å². The number of esters is 1. The van der Waals surface area contributed by atoms with Crippen molar-refractivity contribution in [2.24, 2.45) is 5.92 Å². The number of oxazole rings is 1. The van der Waals surface area contributed by atoms with Crippen LogP contribution < -0.4 is 4.74 Å². The van der Waals surface area contributed by atoms with E-state index in [0.29, 0.717) is 36.0 Å². The quantitative estimate of drug-likeness (QED) is 0.395. The number of carbonyl (C=O) groups excluding carboxylic acids is 2. The average molecular weight is 517 g/mol. The second kappa shape index (κ2) is 11.1. The molecule has 7 nitrogen and oxygen atoms in total.